The van der Waals surface area contributed by atoms with Gasteiger partial charge in [-0.05, 0) is 23.8 Å². The van der Waals surface area contributed by atoms with Crippen molar-refractivity contribution in [2.75, 3.05) is 23.8 Å². The third-order valence-corrected chi connectivity index (χ3v) is 4.14. The van der Waals surface area contributed by atoms with E-state index in [1.54, 1.807) is 6.20 Å². The maximum Gasteiger partial charge on any atom is 0.249 e. The number of rotatable bonds is 5. The Morgan fingerprint density at radius 3 is 2.77 bits per heavy atom. The summed E-state index contributed by atoms with van der Waals surface area (Å²) in [5, 5.41) is 15.0. The molecule has 0 unspecified atom stereocenters. The highest BCUT2D eigenvalue weighted by atomic mass is 35.5. The SMILES string of the molecule is Clc1ccccc1CNc1cnnc(Nc2ccc3c(c2)OCCO3)n1. The maximum absolute atomic E-state index is 6.16. The van der Waals surface area contributed by atoms with Crippen LogP contribution in [0.1, 0.15) is 5.56 Å². The molecule has 7 nitrogen and oxygen atoms in total. The quantitative estimate of drug-likeness (QED) is 0.710. The third-order valence-electron chi connectivity index (χ3n) is 3.77. The lowest BCUT2D eigenvalue weighted by Gasteiger charge is -2.19. The zero-order valence-corrected chi connectivity index (χ0v) is 14.5. The fourth-order valence-electron chi connectivity index (χ4n) is 2.52. The zero-order chi connectivity index (χ0) is 17.8. The Kier molecular flexibility index (Phi) is 4.70. The first-order valence-electron chi connectivity index (χ1n) is 8.11. The molecule has 1 aliphatic rings. The van der Waals surface area contributed by atoms with E-state index in [-0.39, 0.29) is 0 Å². The van der Waals surface area contributed by atoms with Crippen molar-refractivity contribution in [1.82, 2.24) is 15.2 Å². The minimum atomic E-state index is 0.380. The van der Waals surface area contributed by atoms with Crippen LogP contribution in [-0.2, 0) is 6.54 Å². The molecule has 0 saturated heterocycles. The second kappa shape index (κ2) is 7.45. The molecule has 8 heteroatoms. The van der Waals surface area contributed by atoms with E-state index in [1.807, 2.05) is 42.5 Å². The third kappa shape index (κ3) is 3.78. The zero-order valence-electron chi connectivity index (χ0n) is 13.8. The van der Waals surface area contributed by atoms with Gasteiger partial charge in [0.15, 0.2) is 17.3 Å². The van der Waals surface area contributed by atoms with Gasteiger partial charge in [0.05, 0.1) is 6.20 Å². The molecule has 0 amide bonds. The van der Waals surface area contributed by atoms with Crippen molar-refractivity contribution in [3.8, 4) is 11.5 Å². The molecular formula is C18H16ClN5O2. The molecule has 2 N–H and O–H groups in total. The van der Waals surface area contributed by atoms with E-state index in [1.165, 1.54) is 0 Å². The van der Waals surface area contributed by atoms with Gasteiger partial charge in [-0.25, -0.2) is 0 Å². The van der Waals surface area contributed by atoms with Crippen molar-refractivity contribution < 1.29 is 9.47 Å². The number of nitrogens with zero attached hydrogens (tertiary/aromatic N) is 3. The lowest BCUT2D eigenvalue weighted by molar-refractivity contribution is 0.171. The van der Waals surface area contributed by atoms with E-state index < -0.39 is 0 Å². The van der Waals surface area contributed by atoms with E-state index in [9.17, 15) is 0 Å². The minimum Gasteiger partial charge on any atom is -0.486 e. The Balaban J connectivity index is 1.45. The largest absolute Gasteiger partial charge is 0.486 e. The van der Waals surface area contributed by atoms with Gasteiger partial charge in [-0.3, -0.25) is 0 Å². The van der Waals surface area contributed by atoms with Gasteiger partial charge in [0.25, 0.3) is 0 Å². The van der Waals surface area contributed by atoms with Gasteiger partial charge in [0.2, 0.25) is 5.95 Å². The van der Waals surface area contributed by atoms with Gasteiger partial charge in [0, 0.05) is 23.3 Å². The first-order valence-corrected chi connectivity index (χ1v) is 8.49. The average molecular weight is 370 g/mol. The molecule has 1 aromatic heterocycles. The summed E-state index contributed by atoms with van der Waals surface area (Å²) in [5.74, 6) is 2.41. The summed E-state index contributed by atoms with van der Waals surface area (Å²) in [7, 11) is 0. The summed E-state index contributed by atoms with van der Waals surface area (Å²) >= 11 is 6.16. The Morgan fingerprint density at radius 1 is 1.04 bits per heavy atom. The number of hydrogen-bond acceptors (Lipinski definition) is 7. The number of aromatic nitrogens is 3. The van der Waals surface area contributed by atoms with Crippen LogP contribution in [0.15, 0.2) is 48.7 Å². The van der Waals surface area contributed by atoms with Gasteiger partial charge < -0.3 is 20.1 Å². The molecular weight excluding hydrogens is 354 g/mol. The van der Waals surface area contributed by atoms with E-state index in [0.29, 0.717) is 42.3 Å². The predicted molar refractivity (Wildman–Crippen MR) is 99.3 cm³/mol. The summed E-state index contributed by atoms with van der Waals surface area (Å²) in [4.78, 5) is 4.41. The highest BCUT2D eigenvalue weighted by Crippen LogP contribution is 2.33. The van der Waals surface area contributed by atoms with Gasteiger partial charge in [-0.2, -0.15) is 10.1 Å². The Morgan fingerprint density at radius 2 is 1.88 bits per heavy atom. The van der Waals surface area contributed by atoms with E-state index >= 15 is 0 Å². The van der Waals surface area contributed by atoms with Gasteiger partial charge in [-0.15, -0.1) is 5.10 Å². The second-order valence-electron chi connectivity index (χ2n) is 5.59. The molecule has 0 spiro atoms. The van der Waals surface area contributed by atoms with Crippen LogP contribution >= 0.6 is 11.6 Å². The minimum absolute atomic E-state index is 0.380. The molecule has 0 aliphatic carbocycles. The summed E-state index contributed by atoms with van der Waals surface area (Å²) < 4.78 is 11.1. The van der Waals surface area contributed by atoms with E-state index in [0.717, 1.165) is 17.0 Å². The number of fused-ring (bicyclic) bond motifs is 1. The van der Waals surface area contributed by atoms with Crippen molar-refractivity contribution >= 4 is 29.1 Å². The van der Waals surface area contributed by atoms with Crippen LogP contribution in [0.5, 0.6) is 11.5 Å². The van der Waals surface area contributed by atoms with Crippen molar-refractivity contribution in [2.45, 2.75) is 6.54 Å². The molecule has 0 atom stereocenters. The molecule has 0 fully saturated rings. The smallest absolute Gasteiger partial charge is 0.249 e. The molecule has 4 rings (SSSR count). The van der Waals surface area contributed by atoms with Crippen LogP contribution in [0.2, 0.25) is 5.02 Å². The highest BCUT2D eigenvalue weighted by Gasteiger charge is 2.12. The topological polar surface area (TPSA) is 81.2 Å². The lowest BCUT2D eigenvalue weighted by Crippen LogP contribution is -2.15. The number of anilines is 3. The maximum atomic E-state index is 6.16. The van der Waals surface area contributed by atoms with Crippen molar-refractivity contribution in [2.24, 2.45) is 0 Å². The number of nitrogens with one attached hydrogen (secondary N) is 2. The van der Waals surface area contributed by atoms with Gasteiger partial charge in [0.1, 0.15) is 13.2 Å². The van der Waals surface area contributed by atoms with Crippen molar-refractivity contribution in [3.63, 3.8) is 0 Å². The van der Waals surface area contributed by atoms with Gasteiger partial charge in [-0.1, -0.05) is 29.8 Å². The summed E-state index contributed by atoms with van der Waals surface area (Å²) in [6.07, 6.45) is 1.56. The molecule has 2 aromatic carbocycles. The predicted octanol–water partition coefficient (Wildman–Crippen LogP) is 3.65. The van der Waals surface area contributed by atoms with E-state index in [2.05, 4.69) is 25.8 Å². The van der Waals surface area contributed by atoms with Crippen LogP contribution in [0, 0.1) is 0 Å². The van der Waals surface area contributed by atoms with Crippen molar-refractivity contribution in [3.05, 3.63) is 59.2 Å². The molecule has 0 bridgehead atoms. The summed E-state index contributed by atoms with van der Waals surface area (Å²) in [5.41, 5.74) is 1.77. The van der Waals surface area contributed by atoms with Crippen LogP contribution in [0.3, 0.4) is 0 Å². The Bertz CT molecular complexity index is 922. The first-order chi connectivity index (χ1) is 12.8. The second-order valence-corrected chi connectivity index (χ2v) is 6.00. The van der Waals surface area contributed by atoms with Crippen molar-refractivity contribution in [1.29, 1.82) is 0 Å². The molecule has 0 saturated carbocycles. The first kappa shape index (κ1) is 16.4. The summed E-state index contributed by atoms with van der Waals surface area (Å²) in [6.45, 7) is 1.64. The number of benzene rings is 2. The number of hydrogen-bond donors (Lipinski definition) is 2. The van der Waals surface area contributed by atoms with Crippen LogP contribution in [-0.4, -0.2) is 28.4 Å². The molecule has 3 aromatic rings. The standard InChI is InChI=1S/C18H16ClN5O2/c19-14-4-2-1-3-12(14)10-20-17-11-21-24-18(23-17)22-13-5-6-15-16(9-13)26-8-7-25-15/h1-6,9,11H,7-8,10H2,(H2,20,22,23,24). The highest BCUT2D eigenvalue weighted by molar-refractivity contribution is 6.31. The molecule has 1 aliphatic heterocycles. The average Bonchev–Trinajstić information content (AvgIpc) is 2.68. The van der Waals surface area contributed by atoms with Crippen LogP contribution < -0.4 is 20.1 Å². The van der Waals surface area contributed by atoms with Crippen LogP contribution in [0.4, 0.5) is 17.5 Å². The monoisotopic (exact) mass is 369 g/mol. The van der Waals surface area contributed by atoms with Gasteiger partial charge >= 0.3 is 0 Å². The molecule has 132 valence electrons. The molecule has 0 radical (unpaired) electrons. The Hall–Kier alpha value is -3.06. The normalized spacial score (nSPS) is 12.5. The lowest BCUT2D eigenvalue weighted by atomic mass is 10.2. The fourth-order valence-corrected chi connectivity index (χ4v) is 2.72. The molecule has 26 heavy (non-hydrogen) atoms. The Labute approximate surface area is 155 Å². The fraction of sp³-hybridized carbons (Fsp3) is 0.167. The molecule has 2 heterocycles. The summed E-state index contributed by atoms with van der Waals surface area (Å²) in [6, 6.07) is 13.2. The number of halogens is 1. The number of ether oxygens (including phenoxy) is 2. The van der Waals surface area contributed by atoms with Crippen LogP contribution in [0.25, 0.3) is 0 Å². The van der Waals surface area contributed by atoms with E-state index in [4.69, 9.17) is 21.1 Å².